The number of nitrogens with zero attached hydrogens (tertiary/aromatic N) is 5. The fourth-order valence-corrected chi connectivity index (χ4v) is 4.79. The number of β-amino-alcohol motifs (C(OH)–C–C–N with tert-alkyl or cyclic N) is 1. The lowest BCUT2D eigenvalue weighted by Gasteiger charge is -2.35. The fourth-order valence-electron chi connectivity index (χ4n) is 4.79. The molecular weight excluding hydrogens is 492 g/mol. The van der Waals surface area contributed by atoms with E-state index in [1.54, 1.807) is 9.47 Å². The quantitative estimate of drug-likeness (QED) is 0.441. The minimum Gasteiger partial charge on any atom is -0.391 e. The van der Waals surface area contributed by atoms with Crippen molar-refractivity contribution in [1.29, 1.82) is 0 Å². The molecule has 0 bridgehead atoms. The number of halogens is 4. The van der Waals surface area contributed by atoms with E-state index in [0.29, 0.717) is 43.1 Å². The van der Waals surface area contributed by atoms with Crippen LogP contribution in [0, 0.1) is 11.7 Å². The molecule has 0 saturated carbocycles. The van der Waals surface area contributed by atoms with Crippen LogP contribution in [0.1, 0.15) is 31.4 Å². The number of carbonyl (C=O) groups excluding carboxylic acids is 1. The standard InChI is InChI=1S/C25H30F4N6O2/c1-15(2)35(9-16-3-5-18(6-4-16)25(27,28)29)24-22-19(26)11-34(23(22)31-14-32-24)10-17-7-8-33(12-20(17)36)13-21(30)37/h3-6,11,14-15,17,20,36H,7-10,12-13H2,1-2H3,(H2,30,37)/t17?,20-/m0/s1. The van der Waals surface area contributed by atoms with Gasteiger partial charge in [-0.1, -0.05) is 12.1 Å². The molecule has 200 valence electrons. The summed E-state index contributed by atoms with van der Waals surface area (Å²) in [6.07, 6.45) is -1.88. The van der Waals surface area contributed by atoms with Crippen LogP contribution in [0.15, 0.2) is 36.8 Å². The third kappa shape index (κ3) is 6.02. The van der Waals surface area contributed by atoms with Gasteiger partial charge in [-0.05, 0) is 44.5 Å². The number of rotatable bonds is 8. The Morgan fingerprint density at radius 2 is 1.95 bits per heavy atom. The zero-order valence-electron chi connectivity index (χ0n) is 20.6. The maximum absolute atomic E-state index is 15.3. The van der Waals surface area contributed by atoms with Gasteiger partial charge in [0.15, 0.2) is 5.82 Å². The normalized spacial score (nSPS) is 19.0. The van der Waals surface area contributed by atoms with Gasteiger partial charge in [-0.2, -0.15) is 13.2 Å². The fraction of sp³-hybridized carbons (Fsp3) is 0.480. The Morgan fingerprint density at radius 1 is 1.24 bits per heavy atom. The number of likely N-dealkylation sites (tertiary alicyclic amines) is 1. The van der Waals surface area contributed by atoms with Gasteiger partial charge in [0.1, 0.15) is 17.8 Å². The highest BCUT2D eigenvalue weighted by atomic mass is 19.4. The van der Waals surface area contributed by atoms with Crippen LogP contribution < -0.4 is 10.6 Å². The summed E-state index contributed by atoms with van der Waals surface area (Å²) in [6, 6.07) is 4.73. The Balaban J connectivity index is 1.58. The molecule has 37 heavy (non-hydrogen) atoms. The van der Waals surface area contributed by atoms with Crippen molar-refractivity contribution >= 4 is 22.8 Å². The van der Waals surface area contributed by atoms with Gasteiger partial charge < -0.3 is 20.3 Å². The number of aliphatic hydroxyl groups is 1. The highest BCUT2D eigenvalue weighted by Gasteiger charge is 2.31. The molecule has 2 aromatic heterocycles. The van der Waals surface area contributed by atoms with Crippen LogP contribution in [0.5, 0.6) is 0 Å². The van der Waals surface area contributed by atoms with E-state index in [-0.39, 0.29) is 30.4 Å². The van der Waals surface area contributed by atoms with E-state index in [4.69, 9.17) is 5.73 Å². The second kappa shape index (κ2) is 10.6. The molecule has 1 aliphatic heterocycles. The van der Waals surface area contributed by atoms with Crippen LogP contribution in [0.3, 0.4) is 0 Å². The van der Waals surface area contributed by atoms with E-state index >= 15 is 4.39 Å². The lowest BCUT2D eigenvalue weighted by atomic mass is 9.93. The predicted molar refractivity (Wildman–Crippen MR) is 130 cm³/mol. The number of carbonyl (C=O) groups is 1. The summed E-state index contributed by atoms with van der Waals surface area (Å²) < 4.78 is 55.8. The third-order valence-electron chi connectivity index (χ3n) is 6.73. The number of amides is 1. The third-order valence-corrected chi connectivity index (χ3v) is 6.73. The summed E-state index contributed by atoms with van der Waals surface area (Å²) in [7, 11) is 0. The number of fused-ring (bicyclic) bond motifs is 1. The minimum absolute atomic E-state index is 0.0748. The molecule has 3 heterocycles. The van der Waals surface area contributed by atoms with E-state index in [1.165, 1.54) is 24.7 Å². The maximum atomic E-state index is 15.3. The van der Waals surface area contributed by atoms with Gasteiger partial charge in [-0.25, -0.2) is 14.4 Å². The van der Waals surface area contributed by atoms with Crippen molar-refractivity contribution in [2.75, 3.05) is 24.5 Å². The minimum atomic E-state index is -4.42. The number of benzene rings is 1. The number of hydrogen-bond donors (Lipinski definition) is 2. The summed E-state index contributed by atoms with van der Waals surface area (Å²) in [5, 5.41) is 10.8. The van der Waals surface area contributed by atoms with Crippen LogP contribution in [-0.2, 0) is 24.1 Å². The average Bonchev–Trinajstić information content (AvgIpc) is 3.14. The molecule has 1 aliphatic rings. The molecule has 1 aromatic carbocycles. The first-order valence-corrected chi connectivity index (χ1v) is 12.0. The zero-order chi connectivity index (χ0) is 26.9. The molecule has 1 amide bonds. The second-order valence-corrected chi connectivity index (χ2v) is 9.76. The van der Waals surface area contributed by atoms with Crippen molar-refractivity contribution in [3.63, 3.8) is 0 Å². The number of primary amides is 1. The van der Waals surface area contributed by atoms with Crippen molar-refractivity contribution in [2.24, 2.45) is 11.7 Å². The van der Waals surface area contributed by atoms with Crippen molar-refractivity contribution < 1.29 is 27.5 Å². The average molecular weight is 523 g/mol. The molecule has 1 unspecified atom stereocenters. The molecule has 8 nitrogen and oxygen atoms in total. The Morgan fingerprint density at radius 3 is 2.54 bits per heavy atom. The SMILES string of the molecule is CC(C)N(Cc1ccc(C(F)(F)F)cc1)c1ncnc2c1c(F)cn2CC1CCN(CC(N)=O)C[C@@H]1O. The van der Waals surface area contributed by atoms with E-state index in [0.717, 1.165) is 12.1 Å². The van der Waals surface area contributed by atoms with Crippen LogP contribution in [0.25, 0.3) is 11.0 Å². The Labute approximate surface area is 211 Å². The highest BCUT2D eigenvalue weighted by molar-refractivity contribution is 5.88. The Kier molecular flexibility index (Phi) is 7.69. The summed E-state index contributed by atoms with van der Waals surface area (Å²) in [6.45, 7) is 5.29. The monoisotopic (exact) mass is 522 g/mol. The summed E-state index contributed by atoms with van der Waals surface area (Å²) in [4.78, 5) is 23.4. The van der Waals surface area contributed by atoms with Gasteiger partial charge >= 0.3 is 6.18 Å². The molecule has 1 saturated heterocycles. The lowest BCUT2D eigenvalue weighted by Crippen LogP contribution is -2.47. The summed E-state index contributed by atoms with van der Waals surface area (Å²) in [5.41, 5.74) is 5.51. The number of anilines is 1. The van der Waals surface area contributed by atoms with Crippen molar-refractivity contribution in [1.82, 2.24) is 19.4 Å². The molecule has 2 atom stereocenters. The van der Waals surface area contributed by atoms with Gasteiger partial charge in [0, 0.05) is 37.8 Å². The van der Waals surface area contributed by atoms with E-state index < -0.39 is 29.6 Å². The molecule has 4 rings (SSSR count). The first-order chi connectivity index (χ1) is 17.4. The molecular formula is C25H30F4N6O2. The molecule has 12 heteroatoms. The van der Waals surface area contributed by atoms with Crippen LogP contribution >= 0.6 is 0 Å². The molecule has 0 radical (unpaired) electrons. The van der Waals surface area contributed by atoms with E-state index in [9.17, 15) is 23.1 Å². The molecule has 1 fully saturated rings. The smallest absolute Gasteiger partial charge is 0.391 e. The first-order valence-electron chi connectivity index (χ1n) is 12.0. The Hall–Kier alpha value is -3.25. The number of nitrogens with two attached hydrogens (primary N) is 1. The molecule has 0 aliphatic carbocycles. The van der Waals surface area contributed by atoms with Gasteiger partial charge in [0.2, 0.25) is 5.91 Å². The largest absolute Gasteiger partial charge is 0.416 e. The molecule has 0 spiro atoms. The van der Waals surface area contributed by atoms with E-state index in [2.05, 4.69) is 9.97 Å². The zero-order valence-corrected chi connectivity index (χ0v) is 20.6. The van der Waals surface area contributed by atoms with Crippen LogP contribution in [-0.4, -0.2) is 62.2 Å². The number of hydrogen-bond acceptors (Lipinski definition) is 6. The van der Waals surface area contributed by atoms with E-state index in [1.807, 2.05) is 18.7 Å². The van der Waals surface area contributed by atoms with Gasteiger partial charge in [-0.3, -0.25) is 9.69 Å². The first kappa shape index (κ1) is 26.8. The number of alkyl halides is 3. The van der Waals surface area contributed by atoms with Crippen LogP contribution in [0.2, 0.25) is 0 Å². The summed E-state index contributed by atoms with van der Waals surface area (Å²) in [5.74, 6) is -0.817. The van der Waals surface area contributed by atoms with Crippen molar-refractivity contribution in [3.05, 3.63) is 53.7 Å². The number of aliphatic hydroxyl groups excluding tert-OH is 1. The van der Waals surface area contributed by atoms with Gasteiger partial charge in [-0.15, -0.1) is 0 Å². The van der Waals surface area contributed by atoms with Crippen molar-refractivity contribution in [2.45, 2.75) is 51.7 Å². The topological polar surface area (TPSA) is 101 Å². The highest BCUT2D eigenvalue weighted by Crippen LogP contribution is 2.32. The lowest BCUT2D eigenvalue weighted by molar-refractivity contribution is -0.137. The molecule has 3 N–H and O–H groups in total. The van der Waals surface area contributed by atoms with Crippen LogP contribution in [0.4, 0.5) is 23.4 Å². The second-order valence-electron chi connectivity index (χ2n) is 9.76. The van der Waals surface area contributed by atoms with Gasteiger partial charge in [0.25, 0.3) is 0 Å². The maximum Gasteiger partial charge on any atom is 0.416 e. The Bertz CT molecular complexity index is 1240. The number of piperidine rings is 1. The van der Waals surface area contributed by atoms with Gasteiger partial charge in [0.05, 0.1) is 23.6 Å². The number of aromatic nitrogens is 3. The predicted octanol–water partition coefficient (Wildman–Crippen LogP) is 3.17. The van der Waals surface area contributed by atoms with Crippen molar-refractivity contribution in [3.8, 4) is 0 Å². The molecule has 3 aromatic rings. The summed E-state index contributed by atoms with van der Waals surface area (Å²) >= 11 is 0.